The van der Waals surface area contributed by atoms with Gasteiger partial charge in [-0.3, -0.25) is 19.7 Å². The molecule has 2 aliphatic heterocycles. The van der Waals surface area contributed by atoms with Gasteiger partial charge in [-0.15, -0.1) is 0 Å². The first kappa shape index (κ1) is 15.6. The first-order chi connectivity index (χ1) is 12.0. The predicted molar refractivity (Wildman–Crippen MR) is 91.2 cm³/mol. The van der Waals surface area contributed by atoms with E-state index >= 15 is 0 Å². The van der Waals surface area contributed by atoms with Crippen molar-refractivity contribution in [3.8, 4) is 5.69 Å². The quantitative estimate of drug-likeness (QED) is 0.847. The maximum Gasteiger partial charge on any atom is 0.253 e. The molecule has 2 fully saturated rings. The molecule has 25 heavy (non-hydrogen) atoms. The third-order valence-electron chi connectivity index (χ3n) is 5.21. The number of nitrogens with one attached hydrogen (secondary N) is 1. The van der Waals surface area contributed by atoms with Crippen LogP contribution in [0.4, 0.5) is 0 Å². The molecule has 0 bridgehead atoms. The Kier molecular flexibility index (Phi) is 3.49. The van der Waals surface area contributed by atoms with Gasteiger partial charge in [0, 0.05) is 43.2 Å². The van der Waals surface area contributed by atoms with Gasteiger partial charge in [-0.05, 0) is 43.2 Å². The first-order valence-corrected chi connectivity index (χ1v) is 8.36. The van der Waals surface area contributed by atoms with Crippen LogP contribution in [0.15, 0.2) is 42.7 Å². The number of likely N-dealkylation sites (tertiary alicyclic amines) is 1. The average Bonchev–Trinajstić information content (AvgIpc) is 3.30. The first-order valence-electron chi connectivity index (χ1n) is 8.36. The predicted octanol–water partition coefficient (Wildman–Crippen LogP) is 1.66. The minimum Gasteiger partial charge on any atom is -0.338 e. The average molecular weight is 337 g/mol. The Labute approximate surface area is 145 Å². The summed E-state index contributed by atoms with van der Waals surface area (Å²) in [6.07, 6.45) is 4.59. The second-order valence-electron chi connectivity index (χ2n) is 6.90. The van der Waals surface area contributed by atoms with Gasteiger partial charge in [0.25, 0.3) is 5.91 Å². The highest BCUT2D eigenvalue weighted by Gasteiger charge is 2.51. The number of carbonyl (C=O) groups is 3. The highest BCUT2D eigenvalue weighted by atomic mass is 16.2. The van der Waals surface area contributed by atoms with Crippen LogP contribution >= 0.6 is 0 Å². The summed E-state index contributed by atoms with van der Waals surface area (Å²) in [5.41, 5.74) is 1.89. The van der Waals surface area contributed by atoms with E-state index in [0.29, 0.717) is 25.1 Å². The number of aromatic nitrogens is 1. The normalized spacial score (nSPS) is 22.7. The van der Waals surface area contributed by atoms with Gasteiger partial charge < -0.3 is 9.47 Å². The second kappa shape index (κ2) is 5.58. The van der Waals surface area contributed by atoms with Crippen molar-refractivity contribution in [2.45, 2.75) is 19.8 Å². The Bertz CT molecular complexity index is 872. The Hall–Kier alpha value is -2.89. The molecule has 0 radical (unpaired) electrons. The number of hydrogen-bond acceptors (Lipinski definition) is 3. The van der Waals surface area contributed by atoms with Crippen molar-refractivity contribution in [2.75, 3.05) is 13.1 Å². The Morgan fingerprint density at radius 1 is 1.20 bits per heavy atom. The van der Waals surface area contributed by atoms with Gasteiger partial charge in [-0.25, -0.2) is 0 Å². The molecular weight excluding hydrogens is 318 g/mol. The number of imide groups is 1. The van der Waals surface area contributed by atoms with Gasteiger partial charge in [0.05, 0.1) is 5.41 Å². The number of amides is 3. The van der Waals surface area contributed by atoms with E-state index in [4.69, 9.17) is 0 Å². The minimum absolute atomic E-state index is 0.0996. The number of aryl methyl sites for hydroxylation is 1. The number of hydrogen-bond donors (Lipinski definition) is 1. The molecule has 1 atom stereocenters. The fourth-order valence-corrected chi connectivity index (χ4v) is 3.76. The molecule has 0 aliphatic carbocycles. The van der Waals surface area contributed by atoms with E-state index < -0.39 is 5.41 Å². The molecule has 1 N–H and O–H groups in total. The molecule has 1 unspecified atom stereocenters. The molecule has 1 aromatic heterocycles. The lowest BCUT2D eigenvalue weighted by Gasteiger charge is -2.21. The zero-order valence-corrected chi connectivity index (χ0v) is 14.0. The lowest BCUT2D eigenvalue weighted by atomic mass is 9.85. The lowest BCUT2D eigenvalue weighted by Crippen LogP contribution is -2.36. The molecular formula is C19H19N3O3. The van der Waals surface area contributed by atoms with E-state index in [1.807, 2.05) is 54.2 Å². The second-order valence-corrected chi connectivity index (χ2v) is 6.90. The van der Waals surface area contributed by atoms with E-state index in [1.54, 1.807) is 4.90 Å². The summed E-state index contributed by atoms with van der Waals surface area (Å²) in [6, 6.07) is 9.50. The molecule has 1 aromatic carbocycles. The SMILES string of the molecule is Cc1ccc(C(=O)N2CCC3(CC(=O)NC3=O)C2)cc1-n1cccc1. The maximum absolute atomic E-state index is 12.9. The minimum atomic E-state index is -0.735. The number of benzene rings is 1. The molecule has 3 heterocycles. The van der Waals surface area contributed by atoms with Crippen LogP contribution in [0.5, 0.6) is 0 Å². The summed E-state index contributed by atoms with van der Waals surface area (Å²) < 4.78 is 1.97. The van der Waals surface area contributed by atoms with E-state index in [9.17, 15) is 14.4 Å². The molecule has 6 nitrogen and oxygen atoms in total. The fourth-order valence-electron chi connectivity index (χ4n) is 3.76. The highest BCUT2D eigenvalue weighted by molar-refractivity contribution is 6.07. The monoisotopic (exact) mass is 337 g/mol. The van der Waals surface area contributed by atoms with Crippen molar-refractivity contribution in [2.24, 2.45) is 5.41 Å². The molecule has 2 saturated heterocycles. The van der Waals surface area contributed by atoms with Crippen LogP contribution < -0.4 is 5.32 Å². The molecule has 1 spiro atoms. The van der Waals surface area contributed by atoms with Crippen molar-refractivity contribution >= 4 is 17.7 Å². The van der Waals surface area contributed by atoms with Gasteiger partial charge in [0.1, 0.15) is 0 Å². The third kappa shape index (κ3) is 2.54. The lowest BCUT2D eigenvalue weighted by molar-refractivity contribution is -0.128. The van der Waals surface area contributed by atoms with Crippen LogP contribution in [0.1, 0.15) is 28.8 Å². The van der Waals surface area contributed by atoms with Crippen molar-refractivity contribution in [1.29, 1.82) is 0 Å². The Balaban J connectivity index is 1.59. The molecule has 2 aliphatic rings. The van der Waals surface area contributed by atoms with Gasteiger partial charge >= 0.3 is 0 Å². The van der Waals surface area contributed by atoms with E-state index in [2.05, 4.69) is 5.32 Å². The van der Waals surface area contributed by atoms with Crippen LogP contribution in [-0.4, -0.2) is 40.3 Å². The van der Waals surface area contributed by atoms with E-state index in [1.165, 1.54) is 0 Å². The van der Waals surface area contributed by atoms with Gasteiger partial charge in [0.15, 0.2) is 0 Å². The molecule has 6 heteroatoms. The zero-order valence-electron chi connectivity index (χ0n) is 14.0. The summed E-state index contributed by atoms with van der Waals surface area (Å²) in [6.45, 7) is 2.80. The largest absolute Gasteiger partial charge is 0.338 e. The van der Waals surface area contributed by atoms with Crippen molar-refractivity contribution < 1.29 is 14.4 Å². The van der Waals surface area contributed by atoms with Crippen molar-refractivity contribution in [1.82, 2.24) is 14.8 Å². The van der Waals surface area contributed by atoms with Crippen LogP contribution in [0, 0.1) is 12.3 Å². The summed E-state index contributed by atoms with van der Waals surface area (Å²) in [7, 11) is 0. The topological polar surface area (TPSA) is 71.4 Å². The van der Waals surface area contributed by atoms with Gasteiger partial charge in [0.2, 0.25) is 11.8 Å². The summed E-state index contributed by atoms with van der Waals surface area (Å²) in [5.74, 6) is -0.591. The van der Waals surface area contributed by atoms with Crippen LogP contribution in [0.3, 0.4) is 0 Å². The Morgan fingerprint density at radius 2 is 1.96 bits per heavy atom. The third-order valence-corrected chi connectivity index (χ3v) is 5.21. The highest BCUT2D eigenvalue weighted by Crippen LogP contribution is 2.38. The molecule has 3 amide bonds. The number of carbonyl (C=O) groups excluding carboxylic acids is 3. The van der Waals surface area contributed by atoms with Gasteiger partial charge in [-0.2, -0.15) is 0 Å². The van der Waals surface area contributed by atoms with E-state index in [-0.39, 0.29) is 24.1 Å². The molecule has 4 rings (SSSR count). The van der Waals surface area contributed by atoms with Crippen LogP contribution in [0.2, 0.25) is 0 Å². The molecule has 2 aromatic rings. The fraction of sp³-hybridized carbons (Fsp3) is 0.316. The molecule has 128 valence electrons. The standard InChI is InChI=1S/C19H19N3O3/c1-13-4-5-14(10-15(13)21-7-2-3-8-21)17(24)22-9-6-19(12-22)11-16(23)20-18(19)25/h2-5,7-8,10H,6,9,11-12H2,1H3,(H,20,23,25). The molecule has 0 saturated carbocycles. The van der Waals surface area contributed by atoms with Gasteiger partial charge in [-0.1, -0.05) is 6.07 Å². The van der Waals surface area contributed by atoms with E-state index in [0.717, 1.165) is 11.3 Å². The van der Waals surface area contributed by atoms with Crippen LogP contribution in [0.25, 0.3) is 5.69 Å². The summed E-state index contributed by atoms with van der Waals surface area (Å²) >= 11 is 0. The number of nitrogens with zero attached hydrogens (tertiary/aromatic N) is 2. The zero-order chi connectivity index (χ0) is 17.6. The van der Waals surface area contributed by atoms with Crippen LogP contribution in [-0.2, 0) is 9.59 Å². The smallest absolute Gasteiger partial charge is 0.253 e. The number of rotatable bonds is 2. The van der Waals surface area contributed by atoms with Crippen molar-refractivity contribution in [3.05, 3.63) is 53.9 Å². The summed E-state index contributed by atoms with van der Waals surface area (Å²) in [4.78, 5) is 38.2. The maximum atomic E-state index is 12.9. The van der Waals surface area contributed by atoms with Crippen molar-refractivity contribution in [3.63, 3.8) is 0 Å². The summed E-state index contributed by atoms with van der Waals surface area (Å²) in [5, 5.41) is 2.36. The Morgan fingerprint density at radius 3 is 2.64 bits per heavy atom.